The number of hydrogen-bond acceptors (Lipinski definition) is 7. The first-order valence-corrected chi connectivity index (χ1v) is 6.19. The topological polar surface area (TPSA) is 191 Å². The number of nitriles is 1. The first kappa shape index (κ1) is 30.3. The van der Waals surface area contributed by atoms with Crippen molar-refractivity contribution in [2.75, 3.05) is 14.2 Å². The van der Waals surface area contributed by atoms with Gasteiger partial charge in [-0.2, -0.15) is 5.26 Å². The molecule has 10 nitrogen and oxygen atoms in total. The fraction of sp³-hybridized carbons (Fsp3) is 0.188. The van der Waals surface area contributed by atoms with Crippen LogP contribution in [0.3, 0.4) is 0 Å². The standard InChI is InChI=1S/C6H6N2O.C6H4N2.C3H6O3.CH4.2H2O/c7-6(9)5-3-1-2-4-8-5;7-5-6-3-1-2-4-8-6;1-5-3(4)6-2;;;/h1-4H,(H2,7,9);1-4H;1-2H3;1H4;2*1H2. The van der Waals surface area contributed by atoms with Crippen LogP contribution in [0.5, 0.6) is 0 Å². The number of nitrogens with zero attached hydrogens (tertiary/aromatic N) is 3. The van der Waals surface area contributed by atoms with Crippen LogP contribution < -0.4 is 5.73 Å². The third-order valence-corrected chi connectivity index (χ3v) is 2.03. The molecule has 0 aliphatic rings. The van der Waals surface area contributed by atoms with Crippen molar-refractivity contribution in [3.63, 3.8) is 0 Å². The average Bonchev–Trinajstić information content (AvgIpc) is 2.63. The minimum Gasteiger partial charge on any atom is -0.438 e. The average molecular weight is 368 g/mol. The normalized spacial score (nSPS) is 7.12. The van der Waals surface area contributed by atoms with Gasteiger partial charge in [-0.05, 0) is 24.3 Å². The maximum absolute atomic E-state index is 10.4. The molecule has 2 rings (SSSR count). The van der Waals surface area contributed by atoms with Gasteiger partial charge in [-0.3, -0.25) is 9.78 Å². The summed E-state index contributed by atoms with van der Waals surface area (Å²) < 4.78 is 8.08. The minimum absolute atomic E-state index is 0. The lowest BCUT2D eigenvalue weighted by molar-refractivity contribution is 0.0923. The van der Waals surface area contributed by atoms with Crippen molar-refractivity contribution in [3.8, 4) is 6.07 Å². The van der Waals surface area contributed by atoms with Gasteiger partial charge in [0.05, 0.1) is 14.2 Å². The highest BCUT2D eigenvalue weighted by Gasteiger charge is 1.96. The molecule has 144 valence electrons. The summed E-state index contributed by atoms with van der Waals surface area (Å²) in [6.45, 7) is 0. The predicted molar refractivity (Wildman–Crippen MR) is 95.1 cm³/mol. The second-order valence-corrected chi connectivity index (χ2v) is 3.56. The van der Waals surface area contributed by atoms with E-state index in [0.29, 0.717) is 11.4 Å². The summed E-state index contributed by atoms with van der Waals surface area (Å²) in [6, 6.07) is 12.2. The van der Waals surface area contributed by atoms with E-state index in [1.807, 2.05) is 6.07 Å². The molecule has 10 heteroatoms. The van der Waals surface area contributed by atoms with Crippen molar-refractivity contribution < 1.29 is 30.0 Å². The second-order valence-electron chi connectivity index (χ2n) is 3.56. The quantitative estimate of drug-likeness (QED) is 0.708. The van der Waals surface area contributed by atoms with Gasteiger partial charge in [0.1, 0.15) is 17.5 Å². The maximum atomic E-state index is 10.4. The monoisotopic (exact) mass is 368 g/mol. The van der Waals surface area contributed by atoms with Crippen LogP contribution in [0.1, 0.15) is 23.6 Å². The molecule has 2 aromatic rings. The zero-order valence-electron chi connectivity index (χ0n) is 13.7. The first-order valence-electron chi connectivity index (χ1n) is 6.19. The van der Waals surface area contributed by atoms with Crippen molar-refractivity contribution in [3.05, 3.63) is 60.2 Å². The Morgan fingerprint density at radius 1 is 1.00 bits per heavy atom. The van der Waals surface area contributed by atoms with E-state index in [0.717, 1.165) is 0 Å². The number of carbonyl (C=O) groups is 2. The number of methoxy groups -OCH3 is 2. The molecular formula is C16H24N4O6. The van der Waals surface area contributed by atoms with E-state index in [4.69, 9.17) is 11.0 Å². The lowest BCUT2D eigenvalue weighted by Gasteiger charge is -1.89. The fourth-order valence-electron chi connectivity index (χ4n) is 1.02. The molecule has 2 aromatic heterocycles. The van der Waals surface area contributed by atoms with Gasteiger partial charge in [0.2, 0.25) is 0 Å². The zero-order chi connectivity index (χ0) is 17.5. The summed E-state index contributed by atoms with van der Waals surface area (Å²) in [5.74, 6) is -0.490. The SMILES string of the molecule is C.COC(=O)OC.N#Cc1ccccn1.NC(=O)c1ccccn1.O.O. The fourth-order valence-corrected chi connectivity index (χ4v) is 1.02. The molecule has 6 N–H and O–H groups in total. The number of carbonyl (C=O) groups excluding carboxylic acids is 2. The number of hydrogen-bond donors (Lipinski definition) is 1. The van der Waals surface area contributed by atoms with Crippen molar-refractivity contribution in [2.45, 2.75) is 7.43 Å². The highest BCUT2D eigenvalue weighted by atomic mass is 16.7. The Morgan fingerprint density at radius 2 is 1.50 bits per heavy atom. The Labute approximate surface area is 151 Å². The number of primary amides is 1. The molecule has 0 atom stereocenters. The summed E-state index contributed by atoms with van der Waals surface area (Å²) in [7, 11) is 2.51. The Balaban J connectivity index is -0.000000135. The van der Waals surface area contributed by atoms with E-state index in [1.54, 1.807) is 42.6 Å². The smallest absolute Gasteiger partial charge is 0.438 e. The van der Waals surface area contributed by atoms with E-state index < -0.39 is 12.1 Å². The van der Waals surface area contributed by atoms with Crippen molar-refractivity contribution in [1.82, 2.24) is 9.97 Å². The third kappa shape index (κ3) is 15.3. The van der Waals surface area contributed by atoms with Gasteiger partial charge in [-0.1, -0.05) is 19.6 Å². The molecule has 0 aliphatic heterocycles. The highest BCUT2D eigenvalue weighted by Crippen LogP contribution is 1.89. The van der Waals surface area contributed by atoms with E-state index >= 15 is 0 Å². The number of aromatic nitrogens is 2. The van der Waals surface area contributed by atoms with E-state index in [-0.39, 0.29) is 18.4 Å². The van der Waals surface area contributed by atoms with Crippen molar-refractivity contribution in [2.24, 2.45) is 5.73 Å². The summed E-state index contributed by atoms with van der Waals surface area (Å²) in [5.41, 5.74) is 5.68. The Bertz CT molecular complexity index is 626. The third-order valence-electron chi connectivity index (χ3n) is 2.03. The van der Waals surface area contributed by atoms with Gasteiger partial charge < -0.3 is 26.2 Å². The van der Waals surface area contributed by atoms with E-state index in [2.05, 4.69) is 19.4 Å². The van der Waals surface area contributed by atoms with Gasteiger partial charge in [-0.25, -0.2) is 9.78 Å². The molecule has 0 saturated heterocycles. The lowest BCUT2D eigenvalue weighted by atomic mass is 10.3. The summed E-state index contributed by atoms with van der Waals surface area (Å²) in [4.78, 5) is 27.5. The zero-order valence-corrected chi connectivity index (χ0v) is 13.7. The molecular weight excluding hydrogens is 344 g/mol. The van der Waals surface area contributed by atoms with Crippen LogP contribution in [0.15, 0.2) is 48.8 Å². The number of amides is 1. The molecule has 0 fully saturated rings. The first-order chi connectivity index (χ1) is 11.0. The molecule has 0 radical (unpaired) electrons. The van der Waals surface area contributed by atoms with Crippen LogP contribution in [0, 0.1) is 11.3 Å². The minimum atomic E-state index is -0.657. The number of nitrogens with two attached hydrogens (primary N) is 1. The van der Waals surface area contributed by atoms with Crippen molar-refractivity contribution in [1.29, 1.82) is 5.26 Å². The molecule has 0 aliphatic carbocycles. The number of pyridine rings is 2. The molecule has 0 unspecified atom stereocenters. The van der Waals surface area contributed by atoms with Gasteiger partial charge in [0.25, 0.3) is 5.91 Å². The molecule has 2 heterocycles. The predicted octanol–water partition coefficient (Wildman–Crippen LogP) is 0.520. The molecule has 0 aromatic carbocycles. The number of rotatable bonds is 1. The van der Waals surface area contributed by atoms with Crippen LogP contribution in [0.4, 0.5) is 4.79 Å². The van der Waals surface area contributed by atoms with Crippen LogP contribution in [-0.4, -0.2) is 47.2 Å². The Morgan fingerprint density at radius 3 is 1.69 bits per heavy atom. The summed E-state index contributed by atoms with van der Waals surface area (Å²) in [6.07, 6.45) is 2.47. The summed E-state index contributed by atoms with van der Waals surface area (Å²) >= 11 is 0. The second kappa shape index (κ2) is 19.5. The van der Waals surface area contributed by atoms with Crippen LogP contribution >= 0.6 is 0 Å². The highest BCUT2D eigenvalue weighted by molar-refractivity contribution is 5.90. The maximum Gasteiger partial charge on any atom is 0.507 e. The Kier molecular flexibility index (Phi) is 22.8. The van der Waals surface area contributed by atoms with E-state index in [9.17, 15) is 9.59 Å². The molecule has 1 amide bonds. The van der Waals surface area contributed by atoms with Gasteiger partial charge in [-0.15, -0.1) is 0 Å². The van der Waals surface area contributed by atoms with Gasteiger partial charge in [0.15, 0.2) is 0 Å². The van der Waals surface area contributed by atoms with Gasteiger partial charge >= 0.3 is 6.16 Å². The van der Waals surface area contributed by atoms with Crippen LogP contribution in [0.2, 0.25) is 0 Å². The largest absolute Gasteiger partial charge is 0.507 e. The Hall–Kier alpha value is -3.55. The van der Waals surface area contributed by atoms with Crippen molar-refractivity contribution >= 4 is 12.1 Å². The van der Waals surface area contributed by atoms with Crippen LogP contribution in [0.25, 0.3) is 0 Å². The lowest BCUT2D eigenvalue weighted by Crippen LogP contribution is -2.12. The molecule has 0 saturated carbocycles. The summed E-state index contributed by atoms with van der Waals surface area (Å²) in [5, 5.41) is 8.23. The molecule has 0 spiro atoms. The van der Waals surface area contributed by atoms with Crippen LogP contribution in [-0.2, 0) is 9.47 Å². The molecule has 26 heavy (non-hydrogen) atoms. The van der Waals surface area contributed by atoms with E-state index in [1.165, 1.54) is 20.4 Å². The number of ether oxygens (including phenoxy) is 2. The molecule has 0 bridgehead atoms. The van der Waals surface area contributed by atoms with Gasteiger partial charge in [0, 0.05) is 12.4 Å².